The van der Waals surface area contributed by atoms with Crippen molar-refractivity contribution in [1.29, 1.82) is 0 Å². The number of carboxylic acid groups (broad SMARTS) is 1. The molecule has 9 nitrogen and oxygen atoms in total. The van der Waals surface area contributed by atoms with Crippen LogP contribution in [0, 0.1) is 0 Å². The highest BCUT2D eigenvalue weighted by Gasteiger charge is 2.45. The number of carbonyl (C=O) groups is 3. The van der Waals surface area contributed by atoms with E-state index in [0.29, 0.717) is 47.9 Å². The minimum Gasteiger partial charge on any atom is -0.493 e. The van der Waals surface area contributed by atoms with Crippen LogP contribution in [0.25, 0.3) is 27.7 Å². The fraction of sp³-hybridized carbons (Fsp3) is 0.353. The van der Waals surface area contributed by atoms with Crippen LogP contribution in [0.4, 0.5) is 5.69 Å². The number of aliphatic carboxylic acids is 1. The molecule has 228 valence electrons. The van der Waals surface area contributed by atoms with E-state index in [4.69, 9.17) is 9.84 Å². The van der Waals surface area contributed by atoms with Crippen LogP contribution >= 0.6 is 11.3 Å². The Labute approximate surface area is 260 Å². The average Bonchev–Trinajstić information content (AvgIpc) is 3.76. The van der Waals surface area contributed by atoms with Crippen LogP contribution in [0.15, 0.2) is 54.1 Å². The molecule has 0 saturated heterocycles. The zero-order valence-electron chi connectivity index (χ0n) is 24.9. The summed E-state index contributed by atoms with van der Waals surface area (Å²) in [5, 5.41) is 19.1. The summed E-state index contributed by atoms with van der Waals surface area (Å²) in [6, 6.07) is 10.9. The number of carboxylic acids is 1. The second kappa shape index (κ2) is 12.3. The number of ether oxygens (including phenoxy) is 1. The lowest BCUT2D eigenvalue weighted by molar-refractivity contribution is -0.131. The predicted octanol–water partition coefficient (Wildman–Crippen LogP) is 6.75. The third-order valence-electron chi connectivity index (χ3n) is 8.87. The molecule has 2 heterocycles. The SMILES string of the molecule is CCOc1cc(NC(=O)C2(NC(=O)c3ccc4c(C5CCCC5)c(-c5nccs5)n(C)c4c3)CCC2)ccc1/C=C/C(=O)O. The van der Waals surface area contributed by atoms with Gasteiger partial charge in [-0.1, -0.05) is 18.9 Å². The molecule has 2 aliphatic rings. The fourth-order valence-electron chi connectivity index (χ4n) is 6.50. The summed E-state index contributed by atoms with van der Waals surface area (Å²) in [6.07, 6.45) is 11.0. The number of nitrogens with one attached hydrogen (secondary N) is 2. The Morgan fingerprint density at radius 1 is 1.14 bits per heavy atom. The Kier molecular flexibility index (Phi) is 8.27. The van der Waals surface area contributed by atoms with Gasteiger partial charge in [-0.05, 0) is 80.9 Å². The topological polar surface area (TPSA) is 123 Å². The summed E-state index contributed by atoms with van der Waals surface area (Å²) >= 11 is 1.63. The molecule has 3 N–H and O–H groups in total. The maximum Gasteiger partial charge on any atom is 0.328 e. The molecule has 2 aliphatic carbocycles. The highest BCUT2D eigenvalue weighted by atomic mass is 32.1. The maximum atomic E-state index is 13.7. The van der Waals surface area contributed by atoms with Gasteiger partial charge in [-0.3, -0.25) is 9.59 Å². The molecule has 2 aromatic carbocycles. The van der Waals surface area contributed by atoms with E-state index < -0.39 is 11.5 Å². The smallest absolute Gasteiger partial charge is 0.328 e. The number of fused-ring (bicyclic) bond motifs is 1. The number of aryl methyl sites for hydroxylation is 1. The lowest BCUT2D eigenvalue weighted by Crippen LogP contribution is -2.61. The van der Waals surface area contributed by atoms with Crippen molar-refractivity contribution in [2.75, 3.05) is 11.9 Å². The minimum absolute atomic E-state index is 0.287. The molecule has 6 rings (SSSR count). The van der Waals surface area contributed by atoms with Gasteiger partial charge < -0.3 is 25.0 Å². The first kappa shape index (κ1) is 29.6. The summed E-state index contributed by atoms with van der Waals surface area (Å²) in [5.41, 5.74) is 4.02. The zero-order valence-corrected chi connectivity index (χ0v) is 25.7. The van der Waals surface area contributed by atoms with Gasteiger partial charge in [0.05, 0.1) is 12.3 Å². The Hall–Kier alpha value is -4.44. The van der Waals surface area contributed by atoms with Crippen LogP contribution in [0.3, 0.4) is 0 Å². The number of carbonyl (C=O) groups excluding carboxylic acids is 2. The van der Waals surface area contributed by atoms with Gasteiger partial charge in [-0.15, -0.1) is 11.3 Å². The standard InChI is InChI=1S/C34H36N4O5S/c1-3-43-27-20-24(12-9-21(27)11-14-28(39)40)36-33(42)34(15-6-16-34)37-31(41)23-10-13-25-26(19-23)38(2)30(32-35-17-18-44-32)29(25)22-7-4-5-8-22/h9-14,17-20,22H,3-8,15-16H2,1-2H3,(H,36,42)(H,37,41)(H,39,40)/b14-11+. The van der Waals surface area contributed by atoms with Crippen molar-refractivity contribution in [1.82, 2.24) is 14.9 Å². The van der Waals surface area contributed by atoms with Crippen LogP contribution in [0.5, 0.6) is 5.75 Å². The second-order valence-corrected chi connectivity index (χ2v) is 12.5. The first-order valence-electron chi connectivity index (χ1n) is 15.1. The van der Waals surface area contributed by atoms with Gasteiger partial charge >= 0.3 is 5.97 Å². The first-order chi connectivity index (χ1) is 21.3. The number of benzene rings is 2. The van der Waals surface area contributed by atoms with E-state index in [9.17, 15) is 14.4 Å². The van der Waals surface area contributed by atoms with Gasteiger partial charge in [0, 0.05) is 58.5 Å². The molecule has 0 bridgehead atoms. The highest BCUT2D eigenvalue weighted by molar-refractivity contribution is 7.13. The average molecular weight is 613 g/mol. The number of hydrogen-bond acceptors (Lipinski definition) is 6. The molecule has 0 aliphatic heterocycles. The molecule has 0 atom stereocenters. The summed E-state index contributed by atoms with van der Waals surface area (Å²) in [4.78, 5) is 42.8. The minimum atomic E-state index is -1.06. The first-order valence-corrected chi connectivity index (χ1v) is 16.0. The van der Waals surface area contributed by atoms with Crippen LogP contribution in [-0.4, -0.2) is 44.6 Å². The Balaban J connectivity index is 1.25. The maximum absolute atomic E-state index is 13.7. The van der Waals surface area contributed by atoms with Crippen molar-refractivity contribution in [2.24, 2.45) is 7.05 Å². The molecular weight excluding hydrogens is 576 g/mol. The van der Waals surface area contributed by atoms with Crippen LogP contribution in [0.2, 0.25) is 0 Å². The van der Waals surface area contributed by atoms with Gasteiger partial charge in [0.25, 0.3) is 5.91 Å². The van der Waals surface area contributed by atoms with Crippen LogP contribution in [0.1, 0.15) is 79.3 Å². The highest BCUT2D eigenvalue weighted by Crippen LogP contribution is 2.45. The van der Waals surface area contributed by atoms with E-state index in [2.05, 4.69) is 26.3 Å². The molecule has 2 amide bonds. The van der Waals surface area contributed by atoms with Gasteiger partial charge in [0.1, 0.15) is 16.3 Å². The molecule has 4 aromatic rings. The van der Waals surface area contributed by atoms with Crippen molar-refractivity contribution in [3.8, 4) is 16.5 Å². The summed E-state index contributed by atoms with van der Waals surface area (Å²) in [7, 11) is 2.04. The molecule has 44 heavy (non-hydrogen) atoms. The number of nitrogens with zero attached hydrogens (tertiary/aromatic N) is 2. The lowest BCUT2D eigenvalue weighted by Gasteiger charge is -2.40. The number of thiazole rings is 1. The van der Waals surface area contributed by atoms with Gasteiger partial charge in [0.2, 0.25) is 5.91 Å². The van der Waals surface area contributed by atoms with E-state index in [1.165, 1.54) is 24.5 Å². The van der Waals surface area contributed by atoms with Crippen LogP contribution in [-0.2, 0) is 16.6 Å². The number of hydrogen-bond donors (Lipinski definition) is 3. The van der Waals surface area contributed by atoms with E-state index in [1.54, 1.807) is 29.5 Å². The largest absolute Gasteiger partial charge is 0.493 e. The Morgan fingerprint density at radius 3 is 2.59 bits per heavy atom. The Bertz CT molecular complexity index is 1750. The summed E-state index contributed by atoms with van der Waals surface area (Å²) in [6.45, 7) is 2.21. The van der Waals surface area contributed by atoms with Gasteiger partial charge in [-0.25, -0.2) is 9.78 Å². The fourth-order valence-corrected chi connectivity index (χ4v) is 7.24. The van der Waals surface area contributed by atoms with E-state index >= 15 is 0 Å². The van der Waals surface area contributed by atoms with E-state index in [1.807, 2.05) is 37.7 Å². The van der Waals surface area contributed by atoms with E-state index in [-0.39, 0.29) is 11.8 Å². The number of amides is 2. The number of aromatic nitrogens is 2. The molecule has 2 fully saturated rings. The monoisotopic (exact) mass is 612 g/mol. The predicted molar refractivity (Wildman–Crippen MR) is 172 cm³/mol. The van der Waals surface area contributed by atoms with Crippen molar-refractivity contribution in [3.05, 3.63) is 70.7 Å². The van der Waals surface area contributed by atoms with Crippen LogP contribution < -0.4 is 15.4 Å². The molecular formula is C34H36N4O5S. The van der Waals surface area contributed by atoms with E-state index in [0.717, 1.165) is 46.9 Å². The number of anilines is 1. The number of rotatable bonds is 10. The van der Waals surface area contributed by atoms with Crippen molar-refractivity contribution < 1.29 is 24.2 Å². The summed E-state index contributed by atoms with van der Waals surface area (Å²) in [5.74, 6) is -0.703. The second-order valence-electron chi connectivity index (χ2n) is 11.6. The molecule has 0 radical (unpaired) electrons. The molecule has 2 saturated carbocycles. The third-order valence-corrected chi connectivity index (χ3v) is 9.65. The van der Waals surface area contributed by atoms with Crippen molar-refractivity contribution >= 4 is 51.8 Å². The summed E-state index contributed by atoms with van der Waals surface area (Å²) < 4.78 is 7.84. The Morgan fingerprint density at radius 2 is 1.93 bits per heavy atom. The van der Waals surface area contributed by atoms with Crippen molar-refractivity contribution in [3.63, 3.8) is 0 Å². The quantitative estimate of drug-likeness (QED) is 0.170. The molecule has 0 spiro atoms. The molecule has 0 unspecified atom stereocenters. The van der Waals surface area contributed by atoms with Gasteiger partial charge in [0.15, 0.2) is 0 Å². The van der Waals surface area contributed by atoms with Crippen molar-refractivity contribution in [2.45, 2.75) is 63.3 Å². The lowest BCUT2D eigenvalue weighted by atomic mass is 9.75. The molecule has 2 aromatic heterocycles. The normalized spacial score (nSPS) is 16.2. The zero-order chi connectivity index (χ0) is 30.8. The third kappa shape index (κ3) is 5.61. The molecule has 10 heteroatoms. The van der Waals surface area contributed by atoms with Gasteiger partial charge in [-0.2, -0.15) is 0 Å².